The van der Waals surface area contributed by atoms with E-state index in [9.17, 15) is 13.2 Å². The number of hydrogen-bond donors (Lipinski definition) is 2. The zero-order valence-corrected chi connectivity index (χ0v) is 16.4. The number of rotatable bonds is 7. The molecule has 0 radical (unpaired) electrons. The Labute approximate surface area is 162 Å². The molecule has 0 heterocycles. The molecule has 3 N–H and O–H groups in total. The van der Waals surface area contributed by atoms with Crippen molar-refractivity contribution >= 4 is 44.8 Å². The van der Waals surface area contributed by atoms with Gasteiger partial charge in [0.1, 0.15) is 0 Å². The molecule has 140 valence electrons. The lowest BCUT2D eigenvalue weighted by molar-refractivity contribution is 0.0955. The molecular weight excluding hydrogens is 397 g/mol. The molecule has 0 bridgehead atoms. The van der Waals surface area contributed by atoms with Gasteiger partial charge in [-0.05, 0) is 35.9 Å². The van der Waals surface area contributed by atoms with Crippen molar-refractivity contribution in [1.82, 2.24) is 5.32 Å². The molecule has 0 aromatic heterocycles. The quantitative estimate of drug-likeness (QED) is 0.726. The first-order valence-corrected chi connectivity index (χ1v) is 10.3. The lowest BCUT2D eigenvalue weighted by Gasteiger charge is -2.23. The maximum absolute atomic E-state index is 12.2. The Morgan fingerprint density at radius 1 is 1.15 bits per heavy atom. The second-order valence-electron chi connectivity index (χ2n) is 5.57. The molecule has 6 nitrogen and oxygen atoms in total. The number of nitrogens with zero attached hydrogens (tertiary/aromatic N) is 1. The minimum Gasteiger partial charge on any atom is -0.351 e. The monoisotopic (exact) mass is 415 g/mol. The largest absolute Gasteiger partial charge is 0.351 e. The van der Waals surface area contributed by atoms with E-state index in [-0.39, 0.29) is 12.5 Å². The molecule has 2 rings (SSSR count). The molecule has 0 fully saturated rings. The van der Waals surface area contributed by atoms with Crippen LogP contribution in [0.3, 0.4) is 0 Å². The van der Waals surface area contributed by atoms with Crippen molar-refractivity contribution < 1.29 is 13.2 Å². The number of nitrogens with one attached hydrogen (secondary N) is 1. The summed E-state index contributed by atoms with van der Waals surface area (Å²) in [5.74, 6) is -0.272. The Kier molecular flexibility index (Phi) is 6.88. The van der Waals surface area contributed by atoms with Crippen molar-refractivity contribution in [3.8, 4) is 0 Å². The summed E-state index contributed by atoms with van der Waals surface area (Å²) in [7, 11) is -3.58. The predicted octanol–water partition coefficient (Wildman–Crippen LogP) is 2.65. The summed E-state index contributed by atoms with van der Waals surface area (Å²) in [6.45, 7) is 0.729. The molecular formula is C17H19Cl2N3O3S. The van der Waals surface area contributed by atoms with E-state index in [0.717, 1.165) is 6.26 Å². The van der Waals surface area contributed by atoms with Gasteiger partial charge in [0.05, 0.1) is 28.5 Å². The van der Waals surface area contributed by atoms with Crippen LogP contribution >= 0.6 is 23.2 Å². The van der Waals surface area contributed by atoms with Gasteiger partial charge in [0, 0.05) is 18.7 Å². The fourth-order valence-electron chi connectivity index (χ4n) is 2.29. The molecule has 26 heavy (non-hydrogen) atoms. The van der Waals surface area contributed by atoms with Gasteiger partial charge in [0.15, 0.2) is 0 Å². The zero-order valence-electron chi connectivity index (χ0n) is 14.1. The van der Waals surface area contributed by atoms with E-state index in [0.29, 0.717) is 39.9 Å². The second-order valence-corrected chi connectivity index (χ2v) is 8.27. The highest BCUT2D eigenvalue weighted by molar-refractivity contribution is 7.92. The van der Waals surface area contributed by atoms with Gasteiger partial charge in [0.25, 0.3) is 5.91 Å². The summed E-state index contributed by atoms with van der Waals surface area (Å²) in [5.41, 5.74) is 6.76. The fourth-order valence-corrected chi connectivity index (χ4v) is 3.55. The van der Waals surface area contributed by atoms with Gasteiger partial charge < -0.3 is 11.1 Å². The first kappa shape index (κ1) is 20.5. The average Bonchev–Trinajstić information content (AvgIpc) is 2.60. The molecule has 0 aliphatic carbocycles. The van der Waals surface area contributed by atoms with Crippen LogP contribution in [-0.4, -0.2) is 33.7 Å². The molecule has 0 aliphatic rings. The fraction of sp³-hybridized carbons (Fsp3) is 0.235. The third kappa shape index (κ3) is 5.11. The van der Waals surface area contributed by atoms with Crippen molar-refractivity contribution in [3.05, 3.63) is 63.6 Å². The van der Waals surface area contributed by atoms with E-state index in [1.165, 1.54) is 4.31 Å². The Balaban J connectivity index is 2.30. The van der Waals surface area contributed by atoms with Crippen molar-refractivity contribution in [2.24, 2.45) is 5.73 Å². The highest BCUT2D eigenvalue weighted by atomic mass is 35.5. The number of halogens is 2. The molecule has 0 aliphatic heterocycles. The summed E-state index contributed by atoms with van der Waals surface area (Å²) >= 11 is 12.2. The first-order chi connectivity index (χ1) is 12.2. The van der Waals surface area contributed by atoms with E-state index in [2.05, 4.69) is 5.32 Å². The van der Waals surface area contributed by atoms with Crippen LogP contribution in [0.5, 0.6) is 0 Å². The standard InChI is InChI=1S/C17H19Cl2N3O3S/c1-26(24,25)22(11-13-3-2-4-15(18)16(13)19)14-7-5-12(6-8-14)17(23)21-10-9-20/h2-8H,9-11,20H2,1H3,(H,21,23). The third-order valence-corrected chi connectivity index (χ3v) is 5.59. The van der Waals surface area contributed by atoms with E-state index >= 15 is 0 Å². The van der Waals surface area contributed by atoms with Gasteiger partial charge in [0.2, 0.25) is 10.0 Å². The smallest absolute Gasteiger partial charge is 0.251 e. The van der Waals surface area contributed by atoms with E-state index < -0.39 is 10.0 Å². The first-order valence-electron chi connectivity index (χ1n) is 7.73. The predicted molar refractivity (Wildman–Crippen MR) is 105 cm³/mol. The average molecular weight is 416 g/mol. The molecule has 9 heteroatoms. The SMILES string of the molecule is CS(=O)(=O)N(Cc1cccc(Cl)c1Cl)c1ccc(C(=O)NCCN)cc1. The molecule has 2 aromatic carbocycles. The zero-order chi connectivity index (χ0) is 19.3. The Bertz CT molecular complexity index is 887. The van der Waals surface area contributed by atoms with Crippen molar-refractivity contribution in [3.63, 3.8) is 0 Å². The minimum absolute atomic E-state index is 0.0247. The van der Waals surface area contributed by atoms with E-state index in [1.807, 2.05) is 0 Å². The number of carbonyl (C=O) groups excluding carboxylic acids is 1. The van der Waals surface area contributed by atoms with Gasteiger partial charge in [-0.25, -0.2) is 8.42 Å². The summed E-state index contributed by atoms with van der Waals surface area (Å²) in [4.78, 5) is 11.9. The number of nitrogens with two attached hydrogens (primary N) is 1. The highest BCUT2D eigenvalue weighted by Gasteiger charge is 2.20. The third-order valence-electron chi connectivity index (χ3n) is 3.59. The van der Waals surface area contributed by atoms with Gasteiger partial charge in [-0.2, -0.15) is 0 Å². The maximum atomic E-state index is 12.2. The molecule has 1 amide bonds. The van der Waals surface area contributed by atoms with Crippen LogP contribution in [0.15, 0.2) is 42.5 Å². The summed E-state index contributed by atoms with van der Waals surface area (Å²) < 4.78 is 25.7. The van der Waals surface area contributed by atoms with Crippen LogP contribution < -0.4 is 15.4 Å². The van der Waals surface area contributed by atoms with Gasteiger partial charge in [-0.1, -0.05) is 35.3 Å². The lowest BCUT2D eigenvalue weighted by Crippen LogP contribution is -2.30. The topological polar surface area (TPSA) is 92.5 Å². The number of amides is 1. The summed E-state index contributed by atoms with van der Waals surface area (Å²) in [6, 6.07) is 11.3. The minimum atomic E-state index is -3.58. The molecule has 0 unspecified atom stereocenters. The molecule has 0 saturated heterocycles. The Hall–Kier alpha value is -1.80. The maximum Gasteiger partial charge on any atom is 0.251 e. The van der Waals surface area contributed by atoms with Crippen LogP contribution in [0.1, 0.15) is 15.9 Å². The summed E-state index contributed by atoms with van der Waals surface area (Å²) in [5, 5.41) is 3.31. The van der Waals surface area contributed by atoms with Crippen LogP contribution in [0.25, 0.3) is 0 Å². The lowest BCUT2D eigenvalue weighted by atomic mass is 10.1. The number of hydrogen-bond acceptors (Lipinski definition) is 4. The van der Waals surface area contributed by atoms with Crippen LogP contribution in [0.2, 0.25) is 10.0 Å². The van der Waals surface area contributed by atoms with E-state index in [1.54, 1.807) is 42.5 Å². The number of anilines is 1. The highest BCUT2D eigenvalue weighted by Crippen LogP contribution is 2.29. The van der Waals surface area contributed by atoms with Crippen LogP contribution in [0.4, 0.5) is 5.69 Å². The number of carbonyl (C=O) groups is 1. The molecule has 0 saturated carbocycles. The van der Waals surface area contributed by atoms with E-state index in [4.69, 9.17) is 28.9 Å². The van der Waals surface area contributed by atoms with Gasteiger partial charge in [-0.15, -0.1) is 0 Å². The Morgan fingerprint density at radius 3 is 2.38 bits per heavy atom. The van der Waals surface area contributed by atoms with Gasteiger partial charge >= 0.3 is 0 Å². The summed E-state index contributed by atoms with van der Waals surface area (Å²) in [6.07, 6.45) is 1.10. The number of sulfonamides is 1. The Morgan fingerprint density at radius 2 is 1.81 bits per heavy atom. The van der Waals surface area contributed by atoms with Crippen molar-refractivity contribution in [1.29, 1.82) is 0 Å². The number of benzene rings is 2. The second kappa shape index (κ2) is 8.73. The van der Waals surface area contributed by atoms with Gasteiger partial charge in [-0.3, -0.25) is 9.10 Å². The van der Waals surface area contributed by atoms with Crippen molar-refractivity contribution in [2.45, 2.75) is 6.54 Å². The normalized spacial score (nSPS) is 11.2. The molecule has 2 aromatic rings. The van der Waals surface area contributed by atoms with Crippen molar-refractivity contribution in [2.75, 3.05) is 23.7 Å². The van der Waals surface area contributed by atoms with Crippen LogP contribution in [-0.2, 0) is 16.6 Å². The van der Waals surface area contributed by atoms with Crippen LogP contribution in [0, 0.1) is 0 Å². The molecule has 0 spiro atoms. The molecule has 0 atom stereocenters.